The van der Waals surface area contributed by atoms with Crippen molar-refractivity contribution < 1.29 is 19.0 Å². The summed E-state index contributed by atoms with van der Waals surface area (Å²) < 4.78 is 15.9. The molecule has 0 atom stereocenters. The number of nitrogens with zero attached hydrogens (tertiary/aromatic N) is 1. The van der Waals surface area contributed by atoms with Crippen molar-refractivity contribution in [2.75, 3.05) is 14.2 Å². The number of hydrogen-bond acceptors (Lipinski definition) is 6. The van der Waals surface area contributed by atoms with Crippen LogP contribution in [0.4, 0.5) is 0 Å². The Bertz CT molecular complexity index is 924. The lowest BCUT2D eigenvalue weighted by molar-refractivity contribution is -0.144. The molecule has 0 amide bonds. The Hall–Kier alpha value is -2.57. The Morgan fingerprint density at radius 1 is 1.07 bits per heavy atom. The second kappa shape index (κ2) is 8.88. The van der Waals surface area contributed by atoms with Gasteiger partial charge in [-0.15, -0.1) is 11.3 Å². The van der Waals surface area contributed by atoms with E-state index in [-0.39, 0.29) is 19.0 Å². The molecule has 1 heterocycles. The SMILES string of the molecule is COc1ccc(-c2nc(CC(=O)OCc3ccc(Cl)cc3)cs2)cc1OC. The van der Waals surface area contributed by atoms with E-state index < -0.39 is 0 Å². The number of benzene rings is 2. The number of rotatable bonds is 7. The first-order valence-electron chi connectivity index (χ1n) is 8.16. The summed E-state index contributed by atoms with van der Waals surface area (Å²) in [5.74, 6) is 0.965. The molecule has 3 aromatic rings. The molecule has 0 aliphatic carbocycles. The third kappa shape index (κ3) is 4.99. The van der Waals surface area contributed by atoms with Crippen LogP contribution in [0.5, 0.6) is 11.5 Å². The van der Waals surface area contributed by atoms with Crippen LogP contribution in [-0.2, 0) is 22.6 Å². The van der Waals surface area contributed by atoms with Crippen LogP contribution < -0.4 is 9.47 Å². The van der Waals surface area contributed by atoms with Crippen molar-refractivity contribution in [2.45, 2.75) is 13.0 Å². The zero-order valence-electron chi connectivity index (χ0n) is 14.9. The largest absolute Gasteiger partial charge is 0.493 e. The Morgan fingerprint density at radius 3 is 2.52 bits per heavy atom. The van der Waals surface area contributed by atoms with Gasteiger partial charge in [-0.3, -0.25) is 4.79 Å². The Kier molecular flexibility index (Phi) is 6.32. The zero-order valence-corrected chi connectivity index (χ0v) is 16.5. The number of aromatic nitrogens is 1. The summed E-state index contributed by atoms with van der Waals surface area (Å²) in [4.78, 5) is 16.6. The Balaban J connectivity index is 1.62. The van der Waals surface area contributed by atoms with E-state index in [1.807, 2.05) is 35.7 Å². The van der Waals surface area contributed by atoms with Crippen molar-refractivity contribution in [3.63, 3.8) is 0 Å². The van der Waals surface area contributed by atoms with Crippen molar-refractivity contribution >= 4 is 28.9 Å². The Labute approximate surface area is 166 Å². The fourth-order valence-electron chi connectivity index (χ4n) is 2.43. The third-order valence-corrected chi connectivity index (χ3v) is 5.01. The van der Waals surface area contributed by atoms with Gasteiger partial charge >= 0.3 is 5.97 Å². The highest BCUT2D eigenvalue weighted by Gasteiger charge is 2.12. The molecule has 0 fully saturated rings. The first kappa shape index (κ1) is 19.2. The van der Waals surface area contributed by atoms with Gasteiger partial charge in [-0.2, -0.15) is 0 Å². The maximum Gasteiger partial charge on any atom is 0.312 e. The van der Waals surface area contributed by atoms with Crippen LogP contribution in [0.2, 0.25) is 5.02 Å². The van der Waals surface area contributed by atoms with Gasteiger partial charge in [0.15, 0.2) is 11.5 Å². The Morgan fingerprint density at radius 2 is 1.81 bits per heavy atom. The number of thiazole rings is 1. The standard InChI is InChI=1S/C20H18ClNO4S/c1-24-17-8-5-14(9-18(17)25-2)20-22-16(12-27-20)10-19(23)26-11-13-3-6-15(21)7-4-13/h3-9,12H,10-11H2,1-2H3. The third-order valence-electron chi connectivity index (χ3n) is 3.82. The molecular weight excluding hydrogens is 386 g/mol. The van der Waals surface area contributed by atoms with E-state index in [1.165, 1.54) is 11.3 Å². The molecule has 0 spiro atoms. The summed E-state index contributed by atoms with van der Waals surface area (Å²) in [6, 6.07) is 12.8. The predicted octanol–water partition coefficient (Wildman–Crippen LogP) is 4.77. The minimum atomic E-state index is -0.325. The fraction of sp³-hybridized carbons (Fsp3) is 0.200. The summed E-state index contributed by atoms with van der Waals surface area (Å²) in [6.45, 7) is 0.211. The van der Waals surface area contributed by atoms with Gasteiger partial charge in [0.1, 0.15) is 11.6 Å². The molecule has 0 aliphatic heterocycles. The molecule has 140 valence electrons. The summed E-state index contributed by atoms with van der Waals surface area (Å²) in [5.41, 5.74) is 2.46. The van der Waals surface area contributed by atoms with Gasteiger partial charge in [-0.25, -0.2) is 4.98 Å². The maximum absolute atomic E-state index is 12.1. The van der Waals surface area contributed by atoms with Crippen molar-refractivity contribution in [1.82, 2.24) is 4.98 Å². The molecule has 0 saturated carbocycles. The van der Waals surface area contributed by atoms with Crippen LogP contribution in [0.25, 0.3) is 10.6 Å². The summed E-state index contributed by atoms with van der Waals surface area (Å²) >= 11 is 7.30. The van der Waals surface area contributed by atoms with Crippen molar-refractivity contribution in [3.8, 4) is 22.1 Å². The lowest BCUT2D eigenvalue weighted by Gasteiger charge is -2.08. The molecule has 0 aliphatic rings. The van der Waals surface area contributed by atoms with Crippen LogP contribution in [0, 0.1) is 0 Å². The number of ether oxygens (including phenoxy) is 3. The predicted molar refractivity (Wildman–Crippen MR) is 106 cm³/mol. The topological polar surface area (TPSA) is 57.7 Å². The second-order valence-electron chi connectivity index (χ2n) is 5.68. The highest BCUT2D eigenvalue weighted by Crippen LogP contribution is 2.33. The van der Waals surface area contributed by atoms with E-state index in [0.29, 0.717) is 22.2 Å². The number of carbonyl (C=O) groups is 1. The minimum Gasteiger partial charge on any atom is -0.493 e. The van der Waals surface area contributed by atoms with Gasteiger partial charge in [0, 0.05) is 16.0 Å². The van der Waals surface area contributed by atoms with E-state index >= 15 is 0 Å². The average molecular weight is 404 g/mol. The summed E-state index contributed by atoms with van der Waals surface area (Å²) in [5, 5.41) is 3.31. The lowest BCUT2D eigenvalue weighted by Crippen LogP contribution is -2.08. The maximum atomic E-state index is 12.1. The quantitative estimate of drug-likeness (QED) is 0.532. The summed E-state index contributed by atoms with van der Waals surface area (Å²) in [6.07, 6.45) is 0.122. The van der Waals surface area contributed by atoms with Crippen LogP contribution in [0.3, 0.4) is 0 Å². The number of carbonyl (C=O) groups excluding carboxylic acids is 1. The smallest absolute Gasteiger partial charge is 0.312 e. The first-order chi connectivity index (χ1) is 13.1. The first-order valence-corrected chi connectivity index (χ1v) is 9.41. The normalized spacial score (nSPS) is 10.5. The van der Waals surface area contributed by atoms with E-state index in [2.05, 4.69) is 4.98 Å². The van der Waals surface area contributed by atoms with Crippen LogP contribution in [0.1, 0.15) is 11.3 Å². The molecule has 0 N–H and O–H groups in total. The van der Waals surface area contributed by atoms with Gasteiger partial charge in [-0.05, 0) is 35.9 Å². The molecule has 27 heavy (non-hydrogen) atoms. The highest BCUT2D eigenvalue weighted by molar-refractivity contribution is 7.13. The number of methoxy groups -OCH3 is 2. The van der Waals surface area contributed by atoms with E-state index in [4.69, 9.17) is 25.8 Å². The van der Waals surface area contributed by atoms with Gasteiger partial charge in [0.2, 0.25) is 0 Å². The van der Waals surface area contributed by atoms with Crippen molar-refractivity contribution in [3.05, 3.63) is 64.1 Å². The molecule has 5 nitrogen and oxygen atoms in total. The van der Waals surface area contributed by atoms with Gasteiger partial charge < -0.3 is 14.2 Å². The number of esters is 1. The highest BCUT2D eigenvalue weighted by atomic mass is 35.5. The average Bonchev–Trinajstić information content (AvgIpc) is 3.15. The van der Waals surface area contributed by atoms with Gasteiger partial charge in [0.05, 0.1) is 26.3 Å². The van der Waals surface area contributed by atoms with E-state index in [1.54, 1.807) is 26.4 Å². The van der Waals surface area contributed by atoms with Crippen LogP contribution >= 0.6 is 22.9 Å². The summed E-state index contributed by atoms with van der Waals surface area (Å²) in [7, 11) is 3.18. The van der Waals surface area contributed by atoms with Crippen LogP contribution in [-0.4, -0.2) is 25.2 Å². The van der Waals surface area contributed by atoms with E-state index in [0.717, 1.165) is 16.1 Å². The minimum absolute atomic E-state index is 0.122. The molecule has 0 bridgehead atoms. The molecule has 1 aromatic heterocycles. The van der Waals surface area contributed by atoms with E-state index in [9.17, 15) is 4.79 Å². The number of hydrogen-bond donors (Lipinski definition) is 0. The van der Waals surface area contributed by atoms with Crippen molar-refractivity contribution in [2.24, 2.45) is 0 Å². The second-order valence-corrected chi connectivity index (χ2v) is 6.97. The molecule has 2 aromatic carbocycles. The number of halogens is 1. The van der Waals surface area contributed by atoms with Gasteiger partial charge in [0.25, 0.3) is 0 Å². The molecule has 0 radical (unpaired) electrons. The molecule has 7 heteroatoms. The molecule has 3 rings (SSSR count). The fourth-order valence-corrected chi connectivity index (χ4v) is 3.38. The van der Waals surface area contributed by atoms with Gasteiger partial charge in [-0.1, -0.05) is 23.7 Å². The lowest BCUT2D eigenvalue weighted by atomic mass is 10.2. The monoisotopic (exact) mass is 403 g/mol. The molecule has 0 unspecified atom stereocenters. The zero-order chi connectivity index (χ0) is 19.2. The van der Waals surface area contributed by atoms with Crippen molar-refractivity contribution in [1.29, 1.82) is 0 Å². The van der Waals surface area contributed by atoms with Crippen LogP contribution in [0.15, 0.2) is 47.8 Å². The molecule has 0 saturated heterocycles. The molecular formula is C20H18ClNO4S.